The molecule has 2 N–H and O–H groups in total. The van der Waals surface area contributed by atoms with E-state index in [1.54, 1.807) is 11.3 Å². The Hall–Kier alpha value is -2.23. The zero-order valence-corrected chi connectivity index (χ0v) is 18.2. The lowest BCUT2D eigenvalue weighted by Gasteiger charge is -2.37. The summed E-state index contributed by atoms with van der Waals surface area (Å²) in [5.41, 5.74) is 3.62. The maximum absolute atomic E-state index is 13.4. The molecule has 6 rings (SSSR count). The number of thiophene rings is 1. The van der Waals surface area contributed by atoms with Crippen LogP contribution in [0.1, 0.15) is 41.8 Å². The summed E-state index contributed by atoms with van der Waals surface area (Å²) < 4.78 is 10.7. The van der Waals surface area contributed by atoms with Gasteiger partial charge in [-0.15, -0.1) is 22.7 Å². The van der Waals surface area contributed by atoms with Crippen molar-refractivity contribution < 1.29 is 24.2 Å². The maximum Gasteiger partial charge on any atom is 0.511 e. The van der Waals surface area contributed by atoms with E-state index in [-0.39, 0.29) is 17.7 Å². The van der Waals surface area contributed by atoms with Crippen LogP contribution in [0.15, 0.2) is 16.7 Å². The first-order valence-electron chi connectivity index (χ1n) is 10.1. The van der Waals surface area contributed by atoms with Gasteiger partial charge in [-0.2, -0.15) is 0 Å². The summed E-state index contributed by atoms with van der Waals surface area (Å²) in [6.45, 7) is 3.15. The number of fused-ring (bicyclic) bond motifs is 3. The van der Waals surface area contributed by atoms with Gasteiger partial charge in [0.25, 0.3) is 5.91 Å². The number of carboxylic acid groups (broad SMARTS) is 1. The number of nitrogens with one attached hydrogen (secondary N) is 1. The van der Waals surface area contributed by atoms with E-state index in [1.165, 1.54) is 16.9 Å². The summed E-state index contributed by atoms with van der Waals surface area (Å²) >= 11 is 3.09. The highest BCUT2D eigenvalue weighted by Crippen LogP contribution is 2.48. The van der Waals surface area contributed by atoms with E-state index >= 15 is 0 Å². The van der Waals surface area contributed by atoms with Crippen molar-refractivity contribution in [2.24, 2.45) is 11.8 Å². The Bertz CT molecular complexity index is 1050. The second-order valence-electron chi connectivity index (χ2n) is 7.95. The number of hydrogen-bond acceptors (Lipinski definition) is 7. The molecule has 0 aromatic carbocycles. The molecule has 3 aliphatic carbocycles. The van der Waals surface area contributed by atoms with Crippen LogP contribution in [0.25, 0.3) is 10.6 Å². The largest absolute Gasteiger partial charge is 0.511 e. The molecule has 2 bridgehead atoms. The van der Waals surface area contributed by atoms with E-state index in [0.29, 0.717) is 24.5 Å². The fourth-order valence-corrected chi connectivity index (χ4v) is 6.90. The minimum absolute atomic E-state index is 0.0119. The van der Waals surface area contributed by atoms with Crippen molar-refractivity contribution in [1.82, 2.24) is 4.98 Å². The Morgan fingerprint density at radius 3 is 2.73 bits per heavy atom. The van der Waals surface area contributed by atoms with E-state index in [9.17, 15) is 14.7 Å². The Labute approximate surface area is 181 Å². The molecular weight excluding hydrogens is 424 g/mol. The number of carbonyl (C=O) groups is 2. The van der Waals surface area contributed by atoms with Gasteiger partial charge in [-0.25, -0.2) is 9.78 Å². The molecule has 158 valence electrons. The first kappa shape index (κ1) is 19.7. The Balaban J connectivity index is 1.53. The number of anilines is 1. The molecule has 3 heterocycles. The lowest BCUT2D eigenvalue weighted by Crippen LogP contribution is -2.34. The summed E-state index contributed by atoms with van der Waals surface area (Å²) in [6, 6.07) is 0. The molecule has 0 atom stereocenters. The summed E-state index contributed by atoms with van der Waals surface area (Å²) in [7, 11) is 0. The van der Waals surface area contributed by atoms with Gasteiger partial charge in [-0.3, -0.25) is 4.79 Å². The second kappa shape index (κ2) is 7.79. The molecule has 1 saturated carbocycles. The Kier molecular flexibility index (Phi) is 5.12. The van der Waals surface area contributed by atoms with Gasteiger partial charge < -0.3 is 19.9 Å². The SMILES string of the molecule is Cc1csc(-c2c(NC(=O)C3=C(OC(=O)O)C4CCC3CC4)sc3c2CCOC3)n1. The van der Waals surface area contributed by atoms with Crippen LogP contribution in [0.3, 0.4) is 0 Å². The molecule has 1 aliphatic heterocycles. The van der Waals surface area contributed by atoms with Crippen molar-refractivity contribution in [3.05, 3.63) is 32.8 Å². The average molecular weight is 447 g/mol. The van der Waals surface area contributed by atoms with Crippen molar-refractivity contribution in [2.75, 3.05) is 11.9 Å². The predicted molar refractivity (Wildman–Crippen MR) is 114 cm³/mol. The second-order valence-corrected chi connectivity index (χ2v) is 9.92. The third-order valence-electron chi connectivity index (χ3n) is 6.09. The molecule has 0 spiro atoms. The maximum atomic E-state index is 13.4. The van der Waals surface area contributed by atoms with Crippen LogP contribution >= 0.6 is 22.7 Å². The van der Waals surface area contributed by atoms with Gasteiger partial charge in [0.15, 0.2) is 0 Å². The highest BCUT2D eigenvalue weighted by Gasteiger charge is 2.41. The van der Waals surface area contributed by atoms with E-state index < -0.39 is 6.16 Å². The summed E-state index contributed by atoms with van der Waals surface area (Å²) in [5.74, 6) is 0.152. The summed E-state index contributed by atoms with van der Waals surface area (Å²) in [5, 5.41) is 15.9. The zero-order chi connectivity index (χ0) is 20.8. The topological polar surface area (TPSA) is 97.8 Å². The Morgan fingerprint density at radius 1 is 1.27 bits per heavy atom. The molecule has 0 saturated heterocycles. The van der Waals surface area contributed by atoms with E-state index in [4.69, 9.17) is 9.47 Å². The molecule has 2 aromatic heterocycles. The number of aromatic nitrogens is 1. The standard InChI is InChI=1S/C21H22N2O5S2/c1-10-9-29-19(22-10)16-13-6-7-27-8-14(13)30-20(16)23-18(24)15-11-2-4-12(5-3-11)17(15)28-21(25)26/h9,11-12H,2-8H2,1H3,(H,23,24)(H,25,26). The van der Waals surface area contributed by atoms with Gasteiger partial charge in [0.05, 0.1) is 18.8 Å². The van der Waals surface area contributed by atoms with Crippen LogP contribution < -0.4 is 5.32 Å². The highest BCUT2D eigenvalue weighted by molar-refractivity contribution is 7.18. The molecular formula is C21H22N2O5S2. The van der Waals surface area contributed by atoms with Gasteiger partial charge in [0, 0.05) is 27.4 Å². The fourth-order valence-electron chi connectivity index (χ4n) is 4.78. The van der Waals surface area contributed by atoms with Gasteiger partial charge in [-0.1, -0.05) is 0 Å². The fraction of sp³-hybridized carbons (Fsp3) is 0.476. The number of nitrogens with zero attached hydrogens (tertiary/aromatic N) is 1. The molecule has 7 nitrogen and oxygen atoms in total. The highest BCUT2D eigenvalue weighted by atomic mass is 32.1. The van der Waals surface area contributed by atoms with E-state index in [0.717, 1.165) is 58.2 Å². The quantitative estimate of drug-likeness (QED) is 0.644. The Morgan fingerprint density at radius 2 is 2.03 bits per heavy atom. The van der Waals surface area contributed by atoms with Crippen molar-refractivity contribution >= 4 is 39.7 Å². The van der Waals surface area contributed by atoms with Gasteiger partial charge in [-0.05, 0) is 50.5 Å². The molecule has 30 heavy (non-hydrogen) atoms. The smallest absolute Gasteiger partial charge is 0.449 e. The predicted octanol–water partition coefficient (Wildman–Crippen LogP) is 4.96. The first-order valence-corrected chi connectivity index (χ1v) is 11.8. The number of thiazole rings is 1. The minimum atomic E-state index is -1.36. The summed E-state index contributed by atoms with van der Waals surface area (Å²) in [4.78, 5) is 30.4. The van der Waals surface area contributed by atoms with Crippen molar-refractivity contribution in [3.63, 3.8) is 0 Å². The number of aryl methyl sites for hydroxylation is 1. The molecule has 1 fully saturated rings. The third kappa shape index (κ3) is 3.44. The monoisotopic (exact) mass is 446 g/mol. The molecule has 0 unspecified atom stereocenters. The van der Waals surface area contributed by atoms with Crippen LogP contribution in [0.4, 0.5) is 9.80 Å². The van der Waals surface area contributed by atoms with Crippen LogP contribution in [-0.4, -0.2) is 28.8 Å². The van der Waals surface area contributed by atoms with Crippen molar-refractivity contribution in [3.8, 4) is 10.6 Å². The number of hydrogen-bond donors (Lipinski definition) is 2. The average Bonchev–Trinajstić information content (AvgIpc) is 3.30. The van der Waals surface area contributed by atoms with Crippen molar-refractivity contribution in [1.29, 1.82) is 0 Å². The van der Waals surface area contributed by atoms with Crippen LogP contribution in [0.5, 0.6) is 0 Å². The number of carbonyl (C=O) groups excluding carboxylic acids is 1. The van der Waals surface area contributed by atoms with Crippen molar-refractivity contribution in [2.45, 2.75) is 45.6 Å². The first-order chi connectivity index (χ1) is 14.5. The summed E-state index contributed by atoms with van der Waals surface area (Å²) in [6.07, 6.45) is 2.97. The van der Waals surface area contributed by atoms with Crippen LogP contribution in [0, 0.1) is 18.8 Å². The van der Waals surface area contributed by atoms with Crippen LogP contribution in [0.2, 0.25) is 0 Å². The van der Waals surface area contributed by atoms with Gasteiger partial charge >= 0.3 is 6.16 Å². The molecule has 1 amide bonds. The van der Waals surface area contributed by atoms with E-state index in [2.05, 4.69) is 10.3 Å². The molecule has 0 radical (unpaired) electrons. The third-order valence-corrected chi connectivity index (χ3v) is 8.19. The lowest BCUT2D eigenvalue weighted by molar-refractivity contribution is -0.114. The van der Waals surface area contributed by atoms with Gasteiger partial charge in [0.2, 0.25) is 0 Å². The molecule has 4 aliphatic rings. The number of amides is 1. The van der Waals surface area contributed by atoms with E-state index in [1.807, 2.05) is 12.3 Å². The number of rotatable bonds is 4. The van der Waals surface area contributed by atoms with Crippen LogP contribution in [-0.2, 0) is 27.3 Å². The lowest BCUT2D eigenvalue weighted by atomic mass is 9.70. The number of allylic oxidation sites excluding steroid dienone is 1. The zero-order valence-electron chi connectivity index (χ0n) is 16.5. The minimum Gasteiger partial charge on any atom is -0.449 e. The number of ether oxygens (including phenoxy) is 2. The normalized spacial score (nSPS) is 22.7. The van der Waals surface area contributed by atoms with Gasteiger partial charge in [0.1, 0.15) is 15.8 Å². The molecule has 9 heteroatoms. The molecule has 2 aromatic rings.